The van der Waals surface area contributed by atoms with Crippen molar-refractivity contribution in [1.29, 1.82) is 0 Å². The van der Waals surface area contributed by atoms with Crippen molar-refractivity contribution in [2.45, 2.75) is 37.4 Å². The van der Waals surface area contributed by atoms with Crippen LogP contribution in [0.25, 0.3) is 0 Å². The van der Waals surface area contributed by atoms with Crippen molar-refractivity contribution >= 4 is 43.2 Å². The number of nitrogens with zero attached hydrogens (tertiary/aromatic N) is 1. The Morgan fingerprint density at radius 2 is 1.96 bits per heavy atom. The van der Waals surface area contributed by atoms with E-state index in [9.17, 15) is 0 Å². The minimum absolute atomic E-state index is 0.313. The first-order valence-corrected chi connectivity index (χ1v) is 10.8. The van der Waals surface area contributed by atoms with Gasteiger partial charge in [-0.25, -0.2) is 0 Å². The van der Waals surface area contributed by atoms with E-state index >= 15 is 0 Å². The lowest BCUT2D eigenvalue weighted by Gasteiger charge is -2.36. The fourth-order valence-electron chi connectivity index (χ4n) is 3.42. The topological polar surface area (TPSA) is 12.5 Å². The zero-order valence-corrected chi connectivity index (χ0v) is 17.9. The molecule has 134 valence electrons. The fourth-order valence-corrected chi connectivity index (χ4v) is 4.21. The average molecular weight is 475 g/mol. The Morgan fingerprint density at radius 3 is 2.73 bits per heavy atom. The molecule has 0 N–H and O–H groups in total. The monoisotopic (exact) mass is 473 g/mol. The second kappa shape index (κ2) is 7.61. The van der Waals surface area contributed by atoms with Crippen molar-refractivity contribution in [3.05, 3.63) is 76.1 Å². The van der Waals surface area contributed by atoms with Gasteiger partial charge < -0.3 is 9.64 Å². The van der Waals surface area contributed by atoms with Gasteiger partial charge in [0.1, 0.15) is 5.76 Å². The maximum Gasteiger partial charge on any atom is 0.152 e. The minimum atomic E-state index is 0.313. The molecular formula is C22H21Br2NO. The van der Waals surface area contributed by atoms with Crippen LogP contribution in [-0.4, -0.2) is 4.83 Å². The number of hydrogen-bond acceptors (Lipinski definition) is 2. The quantitative estimate of drug-likeness (QED) is 0.432. The molecule has 0 bridgehead atoms. The van der Waals surface area contributed by atoms with Crippen LogP contribution in [0.5, 0.6) is 5.75 Å². The highest BCUT2D eigenvalue weighted by Gasteiger charge is 2.29. The molecule has 4 rings (SSSR count). The number of aryl methyl sites for hydroxylation is 1. The summed E-state index contributed by atoms with van der Waals surface area (Å²) < 4.78 is 7.27. The zero-order chi connectivity index (χ0) is 18.1. The molecule has 2 nitrogen and oxygen atoms in total. The third-order valence-corrected chi connectivity index (χ3v) is 5.90. The van der Waals surface area contributed by atoms with Gasteiger partial charge in [-0.1, -0.05) is 63.4 Å². The number of anilines is 2. The normalized spacial score (nSPS) is 18.4. The summed E-state index contributed by atoms with van der Waals surface area (Å²) in [7, 11) is 0. The lowest BCUT2D eigenvalue weighted by molar-refractivity contribution is 0.390. The fraction of sp³-hybridized carbons (Fsp3) is 0.273. The Bertz CT molecular complexity index is 870. The van der Waals surface area contributed by atoms with Crippen LogP contribution < -0.4 is 9.64 Å². The van der Waals surface area contributed by atoms with Gasteiger partial charge in [0.05, 0.1) is 11.4 Å². The number of hydrogen-bond donors (Lipinski definition) is 0. The molecule has 1 aliphatic heterocycles. The Hall–Kier alpha value is -1.52. The zero-order valence-electron chi connectivity index (χ0n) is 14.7. The summed E-state index contributed by atoms with van der Waals surface area (Å²) in [5.41, 5.74) is 4.76. The molecule has 1 aliphatic carbocycles. The third kappa shape index (κ3) is 3.49. The molecule has 1 atom stereocenters. The number of halogens is 2. The van der Waals surface area contributed by atoms with Gasteiger partial charge in [0.25, 0.3) is 0 Å². The lowest BCUT2D eigenvalue weighted by Crippen LogP contribution is -2.26. The van der Waals surface area contributed by atoms with Crippen molar-refractivity contribution in [3.63, 3.8) is 0 Å². The van der Waals surface area contributed by atoms with Crippen molar-refractivity contribution < 1.29 is 4.74 Å². The summed E-state index contributed by atoms with van der Waals surface area (Å²) in [5.74, 6) is 1.90. The number of ether oxygens (including phenoxy) is 1. The number of unbranched alkanes of at least 4 members (excludes halogenated alkanes) is 1. The van der Waals surface area contributed by atoms with E-state index < -0.39 is 0 Å². The Morgan fingerprint density at radius 1 is 1.15 bits per heavy atom. The molecule has 4 heteroatoms. The highest BCUT2D eigenvalue weighted by atomic mass is 79.9. The van der Waals surface area contributed by atoms with E-state index in [4.69, 9.17) is 4.74 Å². The van der Waals surface area contributed by atoms with Crippen LogP contribution in [0.2, 0.25) is 0 Å². The van der Waals surface area contributed by atoms with Crippen molar-refractivity contribution in [1.82, 2.24) is 0 Å². The molecule has 1 unspecified atom stereocenters. The number of allylic oxidation sites excluding steroid dienone is 3. The van der Waals surface area contributed by atoms with Crippen LogP contribution >= 0.6 is 31.9 Å². The molecule has 0 aromatic heterocycles. The van der Waals surface area contributed by atoms with Crippen LogP contribution in [0, 0.1) is 0 Å². The van der Waals surface area contributed by atoms with Gasteiger partial charge in [-0.2, -0.15) is 0 Å². The van der Waals surface area contributed by atoms with Gasteiger partial charge >= 0.3 is 0 Å². The van der Waals surface area contributed by atoms with Crippen LogP contribution in [0.15, 0.2) is 70.5 Å². The van der Waals surface area contributed by atoms with Crippen LogP contribution in [-0.2, 0) is 6.42 Å². The average Bonchev–Trinajstić information content (AvgIpc) is 2.64. The molecule has 2 aromatic rings. The molecule has 0 amide bonds. The van der Waals surface area contributed by atoms with Gasteiger partial charge in [0.2, 0.25) is 0 Å². The summed E-state index contributed by atoms with van der Waals surface area (Å²) in [6.45, 7) is 2.23. The lowest BCUT2D eigenvalue weighted by atomic mass is 10.0. The van der Waals surface area contributed by atoms with Crippen LogP contribution in [0.3, 0.4) is 0 Å². The molecule has 1 heterocycles. The molecule has 0 saturated carbocycles. The second-order valence-corrected chi connectivity index (χ2v) is 8.80. The molecule has 0 spiro atoms. The van der Waals surface area contributed by atoms with E-state index in [0.29, 0.717) is 4.83 Å². The minimum Gasteiger partial charge on any atom is -0.457 e. The van der Waals surface area contributed by atoms with Crippen molar-refractivity contribution in [2.75, 3.05) is 4.90 Å². The van der Waals surface area contributed by atoms with Crippen LogP contribution in [0.1, 0.15) is 31.7 Å². The highest BCUT2D eigenvalue weighted by Crippen LogP contribution is 2.46. The summed E-state index contributed by atoms with van der Waals surface area (Å²) in [6, 6.07) is 15.2. The predicted molar refractivity (Wildman–Crippen MR) is 115 cm³/mol. The first-order valence-electron chi connectivity index (χ1n) is 9.07. The predicted octanol–water partition coefficient (Wildman–Crippen LogP) is 7.26. The first-order chi connectivity index (χ1) is 12.7. The summed E-state index contributed by atoms with van der Waals surface area (Å²) in [5, 5.41) is 0. The number of benzene rings is 2. The molecular weight excluding hydrogens is 454 g/mol. The van der Waals surface area contributed by atoms with Gasteiger partial charge in [-0.3, -0.25) is 0 Å². The van der Waals surface area contributed by atoms with Gasteiger partial charge in [0.15, 0.2) is 5.75 Å². The van der Waals surface area contributed by atoms with E-state index in [1.807, 2.05) is 6.07 Å². The molecule has 0 saturated heterocycles. The summed E-state index contributed by atoms with van der Waals surface area (Å²) in [4.78, 5) is 2.62. The van der Waals surface area contributed by atoms with Gasteiger partial charge in [-0.05, 0) is 54.8 Å². The largest absolute Gasteiger partial charge is 0.457 e. The SMILES string of the molecule is CCCCc1ccc(N2C3=C(CC(Br)C=C3)Oc3cc(Br)ccc32)cc1. The Kier molecular flexibility index (Phi) is 5.23. The molecule has 26 heavy (non-hydrogen) atoms. The summed E-state index contributed by atoms with van der Waals surface area (Å²) >= 11 is 7.25. The van der Waals surface area contributed by atoms with E-state index in [0.717, 1.165) is 40.2 Å². The standard InChI is InChI=1S/C22H21Br2NO/c1-2-3-4-15-5-9-18(10-6-15)25-19-11-7-16(23)13-21(19)26-22-14-17(24)8-12-20(22)25/h5-13,17H,2-4,14H2,1H3. The second-order valence-electron chi connectivity index (χ2n) is 6.71. The Balaban J connectivity index is 1.76. The summed E-state index contributed by atoms with van der Waals surface area (Å²) in [6.07, 6.45) is 8.80. The maximum atomic E-state index is 6.24. The smallest absolute Gasteiger partial charge is 0.152 e. The number of rotatable bonds is 4. The maximum absolute atomic E-state index is 6.24. The molecule has 2 aliphatic rings. The van der Waals surface area contributed by atoms with E-state index in [-0.39, 0.29) is 0 Å². The first kappa shape index (κ1) is 17.9. The number of fused-ring (bicyclic) bond motifs is 1. The van der Waals surface area contributed by atoms with Gasteiger partial charge in [-0.15, -0.1) is 0 Å². The third-order valence-electron chi connectivity index (χ3n) is 4.78. The molecule has 0 fully saturated rings. The highest BCUT2D eigenvalue weighted by molar-refractivity contribution is 9.10. The van der Waals surface area contributed by atoms with E-state index in [2.05, 4.69) is 92.2 Å². The van der Waals surface area contributed by atoms with Crippen molar-refractivity contribution in [3.8, 4) is 5.75 Å². The van der Waals surface area contributed by atoms with Crippen LogP contribution in [0.4, 0.5) is 11.4 Å². The molecule has 2 aromatic carbocycles. The van der Waals surface area contributed by atoms with E-state index in [1.165, 1.54) is 24.1 Å². The van der Waals surface area contributed by atoms with Crippen molar-refractivity contribution in [2.24, 2.45) is 0 Å². The number of alkyl halides is 1. The van der Waals surface area contributed by atoms with Gasteiger partial charge in [0, 0.05) is 21.4 Å². The van der Waals surface area contributed by atoms with E-state index in [1.54, 1.807) is 0 Å². The Labute approximate surface area is 171 Å². The molecule has 0 radical (unpaired) electrons.